The molecule has 1 N–H and O–H groups in total. The molecule has 6 heteroatoms. The van der Waals surface area contributed by atoms with Crippen molar-refractivity contribution in [3.63, 3.8) is 0 Å². The van der Waals surface area contributed by atoms with Crippen molar-refractivity contribution in [3.05, 3.63) is 40.5 Å². The van der Waals surface area contributed by atoms with Crippen LogP contribution in [0.25, 0.3) is 11.2 Å². The SMILES string of the molecule is CC(=CC(=O)O)Cn1c(=O)oc2cccnc21. The van der Waals surface area contributed by atoms with Gasteiger partial charge in [-0.25, -0.2) is 14.6 Å². The summed E-state index contributed by atoms with van der Waals surface area (Å²) in [6.45, 7) is 1.78. The third kappa shape index (κ3) is 2.25. The highest BCUT2D eigenvalue weighted by molar-refractivity contribution is 5.80. The molecule has 0 saturated heterocycles. The van der Waals surface area contributed by atoms with Gasteiger partial charge in [0.05, 0.1) is 6.54 Å². The van der Waals surface area contributed by atoms with Crippen LogP contribution in [0, 0.1) is 0 Å². The topological polar surface area (TPSA) is 85.3 Å². The van der Waals surface area contributed by atoms with E-state index in [9.17, 15) is 9.59 Å². The van der Waals surface area contributed by atoms with Crippen LogP contribution in [0.15, 0.2) is 39.2 Å². The van der Waals surface area contributed by atoms with Gasteiger partial charge in [-0.1, -0.05) is 0 Å². The van der Waals surface area contributed by atoms with E-state index in [-0.39, 0.29) is 6.54 Å². The monoisotopic (exact) mass is 234 g/mol. The smallest absolute Gasteiger partial charge is 0.421 e. The number of carbonyl (C=O) groups is 1. The first kappa shape index (κ1) is 11.1. The Labute approximate surface area is 95.8 Å². The van der Waals surface area contributed by atoms with E-state index in [0.717, 1.165) is 6.08 Å². The van der Waals surface area contributed by atoms with Crippen LogP contribution < -0.4 is 5.76 Å². The quantitative estimate of drug-likeness (QED) is 0.801. The second kappa shape index (κ2) is 4.25. The van der Waals surface area contributed by atoms with Crippen LogP contribution in [0.5, 0.6) is 0 Å². The van der Waals surface area contributed by atoms with Crippen molar-refractivity contribution >= 4 is 17.2 Å². The summed E-state index contributed by atoms with van der Waals surface area (Å²) < 4.78 is 6.27. The Morgan fingerprint density at radius 1 is 1.65 bits per heavy atom. The number of hydrogen-bond acceptors (Lipinski definition) is 4. The third-order valence-corrected chi connectivity index (χ3v) is 2.20. The third-order valence-electron chi connectivity index (χ3n) is 2.20. The lowest BCUT2D eigenvalue weighted by Gasteiger charge is -2.00. The summed E-state index contributed by atoms with van der Waals surface area (Å²) in [5, 5.41) is 8.59. The zero-order chi connectivity index (χ0) is 12.4. The van der Waals surface area contributed by atoms with Crippen LogP contribution in [0.3, 0.4) is 0 Å². The molecule has 0 saturated carbocycles. The van der Waals surface area contributed by atoms with Crippen LogP contribution in [0.4, 0.5) is 0 Å². The maximum atomic E-state index is 11.5. The highest BCUT2D eigenvalue weighted by Gasteiger charge is 2.10. The number of aliphatic carboxylic acids is 1. The molecule has 0 bridgehead atoms. The summed E-state index contributed by atoms with van der Waals surface area (Å²) in [5.41, 5.74) is 1.34. The van der Waals surface area contributed by atoms with Gasteiger partial charge in [0.25, 0.3) is 0 Å². The van der Waals surface area contributed by atoms with Crippen molar-refractivity contribution in [2.24, 2.45) is 0 Å². The Bertz CT molecular complexity index is 651. The summed E-state index contributed by atoms with van der Waals surface area (Å²) >= 11 is 0. The lowest BCUT2D eigenvalue weighted by Crippen LogP contribution is -2.15. The predicted molar refractivity (Wildman–Crippen MR) is 59.7 cm³/mol. The molecule has 88 valence electrons. The Balaban J connectivity index is 2.46. The summed E-state index contributed by atoms with van der Waals surface area (Å²) in [6, 6.07) is 3.30. The molecule has 6 nitrogen and oxygen atoms in total. The van der Waals surface area contributed by atoms with Crippen molar-refractivity contribution in [2.75, 3.05) is 0 Å². The van der Waals surface area contributed by atoms with Gasteiger partial charge < -0.3 is 9.52 Å². The maximum Gasteiger partial charge on any atom is 0.421 e. The highest BCUT2D eigenvalue weighted by Crippen LogP contribution is 2.10. The molecule has 0 aliphatic rings. The molecule has 0 unspecified atom stereocenters. The van der Waals surface area contributed by atoms with Gasteiger partial charge in [0.2, 0.25) is 0 Å². The van der Waals surface area contributed by atoms with Crippen molar-refractivity contribution in [1.82, 2.24) is 9.55 Å². The molecular weight excluding hydrogens is 224 g/mol. The van der Waals surface area contributed by atoms with E-state index in [0.29, 0.717) is 16.8 Å². The largest absolute Gasteiger partial charge is 0.478 e. The van der Waals surface area contributed by atoms with Crippen LogP contribution >= 0.6 is 0 Å². The van der Waals surface area contributed by atoms with Crippen molar-refractivity contribution in [3.8, 4) is 0 Å². The van der Waals surface area contributed by atoms with E-state index < -0.39 is 11.7 Å². The molecule has 2 heterocycles. The lowest BCUT2D eigenvalue weighted by molar-refractivity contribution is -0.131. The highest BCUT2D eigenvalue weighted by atomic mass is 16.4. The van der Waals surface area contributed by atoms with Gasteiger partial charge in [0.1, 0.15) is 0 Å². The number of carboxylic acids is 1. The molecule has 17 heavy (non-hydrogen) atoms. The standard InChI is InChI=1S/C11H10N2O4/c1-7(5-9(14)15)6-13-10-8(17-11(13)16)3-2-4-12-10/h2-5H,6H2,1H3,(H,14,15). The second-order valence-corrected chi connectivity index (χ2v) is 3.61. The summed E-state index contributed by atoms with van der Waals surface area (Å²) in [7, 11) is 0. The number of aromatic nitrogens is 2. The summed E-state index contributed by atoms with van der Waals surface area (Å²) in [5.74, 6) is -1.59. The number of pyridine rings is 1. The first-order valence-corrected chi connectivity index (χ1v) is 4.92. The average molecular weight is 234 g/mol. The van der Waals surface area contributed by atoms with Crippen LogP contribution in [-0.4, -0.2) is 20.6 Å². The number of carboxylic acid groups (broad SMARTS) is 1. The minimum Gasteiger partial charge on any atom is -0.478 e. The van der Waals surface area contributed by atoms with Crippen LogP contribution in [-0.2, 0) is 11.3 Å². The van der Waals surface area contributed by atoms with E-state index in [1.165, 1.54) is 4.57 Å². The molecule has 0 radical (unpaired) electrons. The van der Waals surface area contributed by atoms with Gasteiger partial charge in [-0.2, -0.15) is 0 Å². The summed E-state index contributed by atoms with van der Waals surface area (Å²) in [6.07, 6.45) is 2.60. The minimum absolute atomic E-state index is 0.148. The fourth-order valence-electron chi connectivity index (χ4n) is 1.55. The van der Waals surface area contributed by atoms with Crippen LogP contribution in [0.2, 0.25) is 0 Å². The number of fused-ring (bicyclic) bond motifs is 1. The zero-order valence-corrected chi connectivity index (χ0v) is 9.08. The van der Waals surface area contributed by atoms with Crippen molar-refractivity contribution < 1.29 is 14.3 Å². The Morgan fingerprint density at radius 2 is 2.41 bits per heavy atom. The van der Waals surface area contributed by atoms with E-state index in [1.807, 2.05) is 0 Å². The number of oxazole rings is 1. The molecule has 2 aromatic heterocycles. The molecule has 0 amide bonds. The molecule has 2 rings (SSSR count). The first-order valence-electron chi connectivity index (χ1n) is 4.92. The molecule has 0 spiro atoms. The fourth-order valence-corrected chi connectivity index (χ4v) is 1.55. The van der Waals surface area contributed by atoms with Gasteiger partial charge in [-0.05, 0) is 24.6 Å². The number of rotatable bonds is 3. The van der Waals surface area contributed by atoms with E-state index >= 15 is 0 Å². The van der Waals surface area contributed by atoms with E-state index in [1.54, 1.807) is 25.3 Å². The van der Waals surface area contributed by atoms with Gasteiger partial charge in [0.15, 0.2) is 11.2 Å². The Kier molecular flexibility index (Phi) is 2.78. The number of allylic oxidation sites excluding steroid dienone is 1. The first-order chi connectivity index (χ1) is 8.08. The lowest BCUT2D eigenvalue weighted by atomic mass is 10.3. The van der Waals surface area contributed by atoms with E-state index in [4.69, 9.17) is 9.52 Å². The van der Waals surface area contributed by atoms with Crippen LogP contribution in [0.1, 0.15) is 6.92 Å². The Hall–Kier alpha value is -2.37. The van der Waals surface area contributed by atoms with Crippen molar-refractivity contribution in [2.45, 2.75) is 13.5 Å². The zero-order valence-electron chi connectivity index (χ0n) is 9.08. The minimum atomic E-state index is -1.05. The van der Waals surface area contributed by atoms with E-state index in [2.05, 4.69) is 4.98 Å². The van der Waals surface area contributed by atoms with Gasteiger partial charge in [-0.3, -0.25) is 4.57 Å². The average Bonchev–Trinajstić information content (AvgIpc) is 2.55. The van der Waals surface area contributed by atoms with Crippen molar-refractivity contribution in [1.29, 1.82) is 0 Å². The predicted octanol–water partition coefficient (Wildman–Crippen LogP) is 1.02. The molecule has 0 atom stereocenters. The molecule has 0 aliphatic heterocycles. The van der Waals surface area contributed by atoms with Gasteiger partial charge in [0, 0.05) is 12.3 Å². The molecule has 2 aromatic rings. The molecule has 0 aliphatic carbocycles. The number of nitrogens with zero attached hydrogens (tertiary/aromatic N) is 2. The Morgan fingerprint density at radius 3 is 3.12 bits per heavy atom. The second-order valence-electron chi connectivity index (χ2n) is 3.61. The summed E-state index contributed by atoms with van der Waals surface area (Å²) in [4.78, 5) is 26.1. The van der Waals surface area contributed by atoms with Gasteiger partial charge >= 0.3 is 11.7 Å². The normalized spacial score (nSPS) is 11.9. The molecule has 0 aromatic carbocycles. The van der Waals surface area contributed by atoms with Gasteiger partial charge in [-0.15, -0.1) is 0 Å². The maximum absolute atomic E-state index is 11.5. The molecular formula is C11H10N2O4. The molecule has 0 fully saturated rings. The number of hydrogen-bond donors (Lipinski definition) is 1. The fraction of sp³-hybridized carbons (Fsp3) is 0.182.